The van der Waals surface area contributed by atoms with Gasteiger partial charge in [-0.05, 0) is 145 Å². The molecule has 2 aliphatic rings. The third-order valence-electron chi connectivity index (χ3n) is 12.8. The smallest absolute Gasteiger partial charge is 0.360 e. The fraction of sp³-hybridized carbons (Fsp3) is 0.194. The molecule has 6 aromatic carbocycles. The Morgan fingerprint density at radius 2 is 0.943 bits per heavy atom. The van der Waals surface area contributed by atoms with Crippen LogP contribution in [0, 0.1) is 6.57 Å². The average molecular weight is 1390 g/mol. The minimum absolute atomic E-state index is 0.0978. The van der Waals surface area contributed by atoms with Crippen molar-refractivity contribution in [3.05, 3.63) is 258 Å². The van der Waals surface area contributed by atoms with Crippen LogP contribution >= 0.6 is 116 Å². The first-order valence-electron chi connectivity index (χ1n) is 26.2. The maximum absolute atomic E-state index is 13.4. The second-order valence-electron chi connectivity index (χ2n) is 18.9. The number of para-hydroxylation sites is 2. The van der Waals surface area contributed by atoms with Gasteiger partial charge in [-0.1, -0.05) is 128 Å². The summed E-state index contributed by atoms with van der Waals surface area (Å²) in [5.41, 5.74) is 5.97. The molecule has 1 fully saturated rings. The first-order valence-corrected chi connectivity index (χ1v) is 30.0. The Morgan fingerprint density at radius 1 is 0.545 bits per heavy atom. The topological polar surface area (TPSA) is 207 Å². The van der Waals surface area contributed by atoms with E-state index in [1.807, 2.05) is 18.2 Å². The van der Waals surface area contributed by atoms with Gasteiger partial charge >= 0.3 is 17.9 Å². The number of aliphatic carboxylic acids is 1. The van der Waals surface area contributed by atoms with E-state index in [1.165, 1.54) is 25.6 Å². The quantitative estimate of drug-likeness (QED) is 0.0767. The summed E-state index contributed by atoms with van der Waals surface area (Å²) < 4.78 is 20.7. The van der Waals surface area contributed by atoms with Gasteiger partial charge in [0.15, 0.2) is 36.3 Å². The molecule has 0 unspecified atom stereocenters. The number of hydrogen-bond acceptors (Lipinski definition) is 12. The Balaban J connectivity index is 0.000000165. The normalized spacial score (nSPS) is 12.1. The summed E-state index contributed by atoms with van der Waals surface area (Å²) in [5.74, 6) is -1.57. The molecule has 0 bridgehead atoms. The van der Waals surface area contributed by atoms with Crippen LogP contribution in [0.2, 0.25) is 50.2 Å². The maximum atomic E-state index is 13.4. The number of nitrogens with zero attached hydrogens (tertiary/aromatic N) is 6. The van der Waals surface area contributed by atoms with Crippen molar-refractivity contribution in [3.8, 4) is 0 Å². The molecule has 3 aromatic heterocycles. The molecule has 88 heavy (non-hydrogen) atoms. The van der Waals surface area contributed by atoms with Crippen LogP contribution in [0.1, 0.15) is 96.3 Å². The number of carbonyl (C=O) groups is 4. The van der Waals surface area contributed by atoms with Crippen molar-refractivity contribution >= 4 is 151 Å². The number of fused-ring (bicyclic) bond motifs is 1. The number of rotatable bonds is 14. The highest BCUT2D eigenvalue weighted by Crippen LogP contribution is 2.41. The van der Waals surface area contributed by atoms with Crippen LogP contribution in [-0.2, 0) is 41.8 Å². The minimum atomic E-state index is -1.13. The van der Waals surface area contributed by atoms with Crippen LogP contribution in [0.4, 0.5) is 11.4 Å². The Hall–Kier alpha value is -6.98. The standard InChI is InChI=1S/C22H19Cl2N3O2.C13H11Cl2NO3.C11H7Cl2NO3.C8H5Cl2N.C8H6Cl2O2/c23-15-5-8-17(24)14(11-15)12-20-21(25-13-29-20)22(28)27-10-9-26(16-6-7-16)18-3-1-2-4-19(18)27;1-2-18-13(17)12-11(19-7-16-12)6-8-5-9(14)3-4-10(8)15;12-7-1-2-8(13)6(3-7)4-9-10(11(15)16)14-5-17-9;1-11-5-6-4-7(9)2-3-8(6)10;9-6-1-2-7(10)5(3-6)4-8(11)12/h1-5,8,11,13,16H,6-7,9-10,12H2;3-5,7H,2,6H2,1H3;1-3,5H,4H2,(H,15,16);2-4H,5H2;1-3H,4H2,(H,11,12). The monoisotopic (exact) mass is 1390 g/mol. The number of halogens is 10. The van der Waals surface area contributed by atoms with Gasteiger partial charge in [-0.3, -0.25) is 9.59 Å². The zero-order valence-corrected chi connectivity index (χ0v) is 53.5. The van der Waals surface area contributed by atoms with E-state index in [0.717, 1.165) is 41.0 Å². The Labute approximate surface area is 555 Å². The van der Waals surface area contributed by atoms with Gasteiger partial charge in [0.25, 0.3) is 5.91 Å². The predicted octanol–water partition coefficient (Wildman–Crippen LogP) is 18.3. The van der Waals surface area contributed by atoms with Crippen LogP contribution in [-0.4, -0.2) is 74.7 Å². The van der Waals surface area contributed by atoms with Gasteiger partial charge in [0, 0.05) is 83.6 Å². The van der Waals surface area contributed by atoms with Gasteiger partial charge in [0.1, 0.15) is 17.3 Å². The number of amides is 1. The highest BCUT2D eigenvalue weighted by atomic mass is 35.5. The van der Waals surface area contributed by atoms with Crippen molar-refractivity contribution in [2.45, 2.75) is 58.0 Å². The second kappa shape index (κ2) is 33.0. The average Bonchev–Trinajstić information content (AvgIpc) is 2.29. The van der Waals surface area contributed by atoms with Crippen molar-refractivity contribution in [1.29, 1.82) is 0 Å². The van der Waals surface area contributed by atoms with E-state index in [-0.39, 0.29) is 42.5 Å². The van der Waals surface area contributed by atoms with Gasteiger partial charge in [0.05, 0.1) is 35.0 Å². The number of esters is 1. The first kappa shape index (κ1) is 68.5. The number of carbonyl (C=O) groups excluding carboxylic acids is 2. The lowest BCUT2D eigenvalue weighted by atomic mass is 10.1. The fourth-order valence-electron chi connectivity index (χ4n) is 8.54. The molecule has 16 nitrogen and oxygen atoms in total. The van der Waals surface area contributed by atoms with Crippen LogP contribution in [0.25, 0.3) is 4.85 Å². The zero-order valence-electron chi connectivity index (χ0n) is 46.0. The number of hydrogen-bond donors (Lipinski definition) is 2. The molecular formula is C62H48Cl10N6O10. The van der Waals surface area contributed by atoms with Gasteiger partial charge < -0.3 is 42.8 Å². The summed E-state index contributed by atoms with van der Waals surface area (Å²) in [6, 6.07) is 33.9. The van der Waals surface area contributed by atoms with E-state index < -0.39 is 17.9 Å². The highest BCUT2D eigenvalue weighted by molar-refractivity contribution is 6.36. The van der Waals surface area contributed by atoms with E-state index in [0.29, 0.717) is 111 Å². The molecule has 0 atom stereocenters. The summed E-state index contributed by atoms with van der Waals surface area (Å²) in [4.78, 5) is 65.4. The number of anilines is 2. The molecule has 456 valence electrons. The van der Waals surface area contributed by atoms with Gasteiger partial charge in [-0.25, -0.2) is 31.1 Å². The molecule has 4 heterocycles. The number of oxazole rings is 3. The van der Waals surface area contributed by atoms with Crippen LogP contribution < -0.4 is 9.80 Å². The SMILES string of the molecule is CCOC(=O)c1ncoc1Cc1cc(Cl)ccc1Cl.O=C(O)Cc1cc(Cl)ccc1Cl.O=C(O)c1ncoc1Cc1cc(Cl)ccc1Cl.O=C(c1ncoc1Cc1cc(Cl)ccc1Cl)N1CCN(C2CC2)c2ccccc21.[C-]#[N+]Cc1cc(Cl)ccc1Cl. The van der Waals surface area contributed by atoms with E-state index >= 15 is 0 Å². The number of carboxylic acid groups (broad SMARTS) is 2. The van der Waals surface area contributed by atoms with Crippen molar-refractivity contribution in [2.24, 2.45) is 0 Å². The lowest BCUT2D eigenvalue weighted by molar-refractivity contribution is -0.136. The molecule has 11 rings (SSSR count). The third kappa shape index (κ3) is 19.5. The molecular weight excluding hydrogens is 1340 g/mol. The molecule has 9 aromatic rings. The number of carboxylic acids is 2. The number of ether oxygens (including phenoxy) is 1. The van der Waals surface area contributed by atoms with Crippen LogP contribution in [0.3, 0.4) is 0 Å². The molecule has 2 N–H and O–H groups in total. The summed E-state index contributed by atoms with van der Waals surface area (Å²) in [6.45, 7) is 10.4. The molecule has 1 aliphatic heterocycles. The molecule has 0 saturated heterocycles. The Kier molecular flexibility index (Phi) is 25.7. The van der Waals surface area contributed by atoms with Gasteiger partial charge in [-0.2, -0.15) is 0 Å². The zero-order chi connectivity index (χ0) is 63.6. The molecule has 1 aliphatic carbocycles. The summed E-state index contributed by atoms with van der Waals surface area (Å²) in [6.07, 6.45) is 6.87. The fourth-order valence-corrected chi connectivity index (χ4v) is 10.4. The van der Waals surface area contributed by atoms with Gasteiger partial charge in [0.2, 0.25) is 6.54 Å². The molecule has 1 amide bonds. The van der Waals surface area contributed by atoms with Crippen molar-refractivity contribution in [1.82, 2.24) is 15.0 Å². The van der Waals surface area contributed by atoms with E-state index in [9.17, 15) is 19.2 Å². The Bertz CT molecular complexity index is 3980. The van der Waals surface area contributed by atoms with E-state index in [2.05, 4.69) is 30.8 Å². The maximum Gasteiger partial charge on any atom is 0.360 e. The largest absolute Gasteiger partial charge is 0.481 e. The van der Waals surface area contributed by atoms with Gasteiger partial charge in [-0.15, -0.1) is 0 Å². The van der Waals surface area contributed by atoms with Crippen molar-refractivity contribution in [3.63, 3.8) is 0 Å². The summed E-state index contributed by atoms with van der Waals surface area (Å²) >= 11 is 59.0. The molecule has 1 saturated carbocycles. The van der Waals surface area contributed by atoms with Crippen molar-refractivity contribution < 1.29 is 47.4 Å². The lowest BCUT2D eigenvalue weighted by Gasteiger charge is -2.37. The van der Waals surface area contributed by atoms with E-state index in [1.54, 1.807) is 103 Å². The highest BCUT2D eigenvalue weighted by Gasteiger charge is 2.37. The third-order valence-corrected chi connectivity index (χ3v) is 15.8. The first-order chi connectivity index (χ1) is 42.1. The molecule has 26 heteroatoms. The molecule has 0 spiro atoms. The number of aromatic nitrogens is 3. The van der Waals surface area contributed by atoms with Crippen LogP contribution in [0.5, 0.6) is 0 Å². The lowest BCUT2D eigenvalue weighted by Crippen LogP contribution is -2.45. The minimum Gasteiger partial charge on any atom is -0.481 e. The summed E-state index contributed by atoms with van der Waals surface area (Å²) in [5, 5.41) is 22.8. The number of aromatic carboxylic acids is 1. The Morgan fingerprint density at radius 3 is 1.39 bits per heavy atom. The predicted molar refractivity (Wildman–Crippen MR) is 343 cm³/mol. The summed E-state index contributed by atoms with van der Waals surface area (Å²) in [7, 11) is 0. The van der Waals surface area contributed by atoms with E-state index in [4.69, 9.17) is 151 Å². The van der Waals surface area contributed by atoms with Crippen molar-refractivity contribution in [2.75, 3.05) is 29.5 Å². The van der Waals surface area contributed by atoms with Crippen LogP contribution in [0.15, 0.2) is 148 Å². The second-order valence-corrected chi connectivity index (χ2v) is 23.1. The number of benzene rings is 6. The molecule has 0 radical (unpaired) electrons.